The lowest BCUT2D eigenvalue weighted by molar-refractivity contribution is 0.147. The molecule has 0 aromatic carbocycles. The molecule has 0 radical (unpaired) electrons. The van der Waals surface area contributed by atoms with Gasteiger partial charge in [0.2, 0.25) is 5.95 Å². The first kappa shape index (κ1) is 12.6. The first-order valence-corrected chi connectivity index (χ1v) is 6.20. The van der Waals surface area contributed by atoms with E-state index in [-0.39, 0.29) is 0 Å². The van der Waals surface area contributed by atoms with Crippen LogP contribution in [0.5, 0.6) is 0 Å². The van der Waals surface area contributed by atoms with Crippen molar-refractivity contribution in [2.45, 2.75) is 19.9 Å². The molecule has 0 amide bonds. The molecule has 6 nitrogen and oxygen atoms in total. The number of hydrogen-bond donors (Lipinski definition) is 2. The molecule has 2 aromatic rings. The van der Waals surface area contributed by atoms with Crippen molar-refractivity contribution in [1.82, 2.24) is 19.7 Å². The number of anilines is 1. The second-order valence-electron chi connectivity index (χ2n) is 3.96. The lowest BCUT2D eigenvalue weighted by Crippen LogP contribution is -2.11. The highest BCUT2D eigenvalue weighted by Gasteiger charge is 2.03. The molecule has 0 unspecified atom stereocenters. The maximum absolute atomic E-state index is 5.29. The summed E-state index contributed by atoms with van der Waals surface area (Å²) >= 11 is 0. The Balaban J connectivity index is 1.80. The molecule has 0 saturated heterocycles. The number of ether oxygens (including phenoxy) is 1. The third-order valence-corrected chi connectivity index (χ3v) is 2.58. The topological polar surface area (TPSA) is 67.8 Å². The van der Waals surface area contributed by atoms with Gasteiger partial charge in [0.05, 0.1) is 12.7 Å². The van der Waals surface area contributed by atoms with Crippen molar-refractivity contribution < 1.29 is 4.74 Å². The zero-order chi connectivity index (χ0) is 12.6. The van der Waals surface area contributed by atoms with Crippen molar-refractivity contribution in [2.75, 3.05) is 25.1 Å². The van der Waals surface area contributed by atoms with Crippen LogP contribution in [0, 0.1) is 0 Å². The predicted octanol–water partition coefficient (Wildman–Crippen LogP) is 1.49. The van der Waals surface area contributed by atoms with E-state index in [2.05, 4.69) is 25.1 Å². The van der Waals surface area contributed by atoms with Gasteiger partial charge in [-0.1, -0.05) is 0 Å². The number of hydrogen-bond acceptors (Lipinski definition) is 4. The van der Waals surface area contributed by atoms with Gasteiger partial charge in [-0.2, -0.15) is 5.10 Å². The summed E-state index contributed by atoms with van der Waals surface area (Å²) < 4.78 is 7.35. The summed E-state index contributed by atoms with van der Waals surface area (Å²) in [6, 6.07) is 0. The Kier molecular flexibility index (Phi) is 4.78. The summed E-state index contributed by atoms with van der Waals surface area (Å²) in [6.07, 6.45) is 8.44. The summed E-state index contributed by atoms with van der Waals surface area (Å²) in [5.74, 6) is 0.882. The van der Waals surface area contributed by atoms with Gasteiger partial charge < -0.3 is 14.6 Å². The minimum Gasteiger partial charge on any atom is -0.382 e. The van der Waals surface area contributed by atoms with Crippen LogP contribution in [0.4, 0.5) is 5.95 Å². The smallest absolute Gasteiger partial charge is 0.203 e. The minimum atomic E-state index is 0.768. The van der Waals surface area contributed by atoms with Crippen LogP contribution in [0.25, 0.3) is 0 Å². The van der Waals surface area contributed by atoms with E-state index < -0.39 is 0 Å². The SMILES string of the molecule is CCOCCCNc1nccn1Cc1cn[nH]c1. The molecule has 0 aliphatic heterocycles. The summed E-state index contributed by atoms with van der Waals surface area (Å²) in [5, 5.41) is 10.0. The Hall–Kier alpha value is -1.82. The lowest BCUT2D eigenvalue weighted by Gasteiger charge is -2.08. The van der Waals surface area contributed by atoms with Crippen molar-refractivity contribution in [3.05, 3.63) is 30.4 Å². The van der Waals surface area contributed by atoms with Crippen molar-refractivity contribution in [3.8, 4) is 0 Å². The molecule has 2 rings (SSSR count). The van der Waals surface area contributed by atoms with Gasteiger partial charge in [-0.15, -0.1) is 0 Å². The van der Waals surface area contributed by atoms with Crippen molar-refractivity contribution in [1.29, 1.82) is 0 Å². The van der Waals surface area contributed by atoms with Gasteiger partial charge in [-0.25, -0.2) is 4.98 Å². The number of nitrogens with zero attached hydrogens (tertiary/aromatic N) is 3. The lowest BCUT2D eigenvalue weighted by atomic mass is 10.3. The molecular weight excluding hydrogens is 230 g/mol. The Labute approximate surface area is 106 Å². The van der Waals surface area contributed by atoms with Gasteiger partial charge in [0.1, 0.15) is 0 Å². The molecule has 0 fully saturated rings. The molecule has 0 saturated carbocycles. The van der Waals surface area contributed by atoms with Gasteiger partial charge in [0, 0.05) is 43.9 Å². The van der Waals surface area contributed by atoms with Crippen molar-refractivity contribution in [2.24, 2.45) is 0 Å². The first-order chi connectivity index (χ1) is 8.90. The molecule has 2 aromatic heterocycles. The second kappa shape index (κ2) is 6.80. The van der Waals surface area contributed by atoms with Crippen LogP contribution < -0.4 is 5.32 Å². The van der Waals surface area contributed by atoms with Gasteiger partial charge in [-0.05, 0) is 13.3 Å². The van der Waals surface area contributed by atoms with Crippen molar-refractivity contribution >= 4 is 5.95 Å². The van der Waals surface area contributed by atoms with Crippen LogP contribution in [0.2, 0.25) is 0 Å². The van der Waals surface area contributed by atoms with E-state index in [1.54, 1.807) is 6.20 Å². The summed E-state index contributed by atoms with van der Waals surface area (Å²) in [6.45, 7) is 5.19. The van der Waals surface area contributed by atoms with Gasteiger partial charge in [0.25, 0.3) is 0 Å². The van der Waals surface area contributed by atoms with E-state index >= 15 is 0 Å². The highest BCUT2D eigenvalue weighted by Crippen LogP contribution is 2.08. The maximum Gasteiger partial charge on any atom is 0.203 e. The van der Waals surface area contributed by atoms with Gasteiger partial charge in [-0.3, -0.25) is 5.10 Å². The average molecular weight is 249 g/mol. The largest absolute Gasteiger partial charge is 0.382 e. The third-order valence-electron chi connectivity index (χ3n) is 2.58. The molecule has 0 bridgehead atoms. The monoisotopic (exact) mass is 249 g/mol. The van der Waals surface area contributed by atoms with Crippen molar-refractivity contribution in [3.63, 3.8) is 0 Å². The number of nitrogens with one attached hydrogen (secondary N) is 2. The molecule has 0 aliphatic rings. The summed E-state index contributed by atoms with van der Waals surface area (Å²) in [5.41, 5.74) is 1.13. The van der Waals surface area contributed by atoms with Crippen LogP contribution in [-0.4, -0.2) is 39.5 Å². The van der Waals surface area contributed by atoms with E-state index in [1.807, 2.05) is 25.5 Å². The molecule has 98 valence electrons. The second-order valence-corrected chi connectivity index (χ2v) is 3.96. The van der Waals surface area contributed by atoms with E-state index in [1.165, 1.54) is 0 Å². The number of aromatic nitrogens is 4. The number of imidazole rings is 1. The fourth-order valence-corrected chi connectivity index (χ4v) is 1.68. The van der Waals surface area contributed by atoms with Gasteiger partial charge in [0.15, 0.2) is 0 Å². The van der Waals surface area contributed by atoms with Gasteiger partial charge >= 0.3 is 0 Å². The molecule has 0 aliphatic carbocycles. The zero-order valence-corrected chi connectivity index (χ0v) is 10.6. The van der Waals surface area contributed by atoms with Crippen LogP contribution in [0.1, 0.15) is 18.9 Å². The normalized spacial score (nSPS) is 10.7. The third kappa shape index (κ3) is 3.59. The maximum atomic E-state index is 5.29. The predicted molar refractivity (Wildman–Crippen MR) is 69.5 cm³/mol. The molecule has 0 spiro atoms. The molecule has 6 heteroatoms. The Morgan fingerprint density at radius 1 is 1.50 bits per heavy atom. The Bertz CT molecular complexity index is 437. The fourth-order valence-electron chi connectivity index (χ4n) is 1.68. The van der Waals surface area contributed by atoms with E-state index in [0.717, 1.165) is 44.2 Å². The van der Waals surface area contributed by atoms with Crippen LogP contribution in [0.15, 0.2) is 24.8 Å². The average Bonchev–Trinajstić information content (AvgIpc) is 3.02. The zero-order valence-electron chi connectivity index (χ0n) is 10.6. The summed E-state index contributed by atoms with van der Waals surface area (Å²) in [7, 11) is 0. The number of aromatic amines is 1. The Morgan fingerprint density at radius 3 is 3.22 bits per heavy atom. The van der Waals surface area contributed by atoms with Crippen LogP contribution in [-0.2, 0) is 11.3 Å². The molecule has 0 atom stereocenters. The quantitative estimate of drug-likeness (QED) is 0.696. The minimum absolute atomic E-state index is 0.768. The molecule has 2 heterocycles. The van der Waals surface area contributed by atoms with E-state index in [9.17, 15) is 0 Å². The number of rotatable bonds is 8. The van der Waals surface area contributed by atoms with E-state index in [4.69, 9.17) is 4.74 Å². The standard InChI is InChI=1S/C12H19N5O/c1-2-18-7-3-4-13-12-14-5-6-17(12)10-11-8-15-16-9-11/h5-6,8-9H,2-4,7,10H2,1H3,(H,13,14)(H,15,16). The highest BCUT2D eigenvalue weighted by molar-refractivity contribution is 5.27. The van der Waals surface area contributed by atoms with Crippen LogP contribution >= 0.6 is 0 Å². The number of H-pyrrole nitrogens is 1. The molecule has 2 N–H and O–H groups in total. The van der Waals surface area contributed by atoms with E-state index in [0.29, 0.717) is 0 Å². The van der Waals surface area contributed by atoms with Crippen LogP contribution in [0.3, 0.4) is 0 Å². The fraction of sp³-hybridized carbons (Fsp3) is 0.500. The Morgan fingerprint density at radius 2 is 2.44 bits per heavy atom. The molecular formula is C12H19N5O. The summed E-state index contributed by atoms with van der Waals surface area (Å²) in [4.78, 5) is 4.29. The first-order valence-electron chi connectivity index (χ1n) is 6.20. The molecule has 18 heavy (non-hydrogen) atoms. The highest BCUT2D eigenvalue weighted by atomic mass is 16.5.